The number of hydrogen-bond acceptors (Lipinski definition) is 3. The Morgan fingerprint density at radius 3 is 2.54 bits per heavy atom. The van der Waals surface area contributed by atoms with Crippen molar-refractivity contribution in [1.82, 2.24) is 9.55 Å². The first kappa shape index (κ1) is 18.2. The van der Waals surface area contributed by atoms with Crippen LogP contribution >= 0.6 is 11.6 Å². The first-order chi connectivity index (χ1) is 12.2. The third kappa shape index (κ3) is 3.25. The van der Waals surface area contributed by atoms with Crippen molar-refractivity contribution in [1.29, 1.82) is 0 Å². The summed E-state index contributed by atoms with van der Waals surface area (Å²) in [6.07, 6.45) is -1.51. The molecule has 0 unspecified atom stereocenters. The highest BCUT2D eigenvalue weighted by Gasteiger charge is 2.30. The Labute approximate surface area is 151 Å². The zero-order valence-corrected chi connectivity index (χ0v) is 14.2. The minimum atomic E-state index is -4.45. The number of aliphatic hydroxyl groups is 1. The highest BCUT2D eigenvalue weighted by atomic mass is 35.5. The van der Waals surface area contributed by atoms with Crippen LogP contribution in [0.5, 0.6) is 0 Å². The number of halogens is 4. The van der Waals surface area contributed by atoms with Gasteiger partial charge in [-0.1, -0.05) is 11.6 Å². The molecule has 0 saturated carbocycles. The summed E-state index contributed by atoms with van der Waals surface area (Å²) in [5, 5.41) is 12.5. The van der Waals surface area contributed by atoms with Gasteiger partial charge < -0.3 is 15.0 Å². The van der Waals surface area contributed by atoms with Crippen molar-refractivity contribution in [3.63, 3.8) is 0 Å². The number of amides is 1. The molecule has 0 fully saturated rings. The molecular weight excluding hydrogens is 371 g/mol. The molecule has 0 radical (unpaired) electrons. The number of benzene rings is 1. The number of anilines is 1. The van der Waals surface area contributed by atoms with Crippen LogP contribution in [0.3, 0.4) is 0 Å². The fraction of sp³-hybridized carbons (Fsp3) is 0.176. The predicted molar refractivity (Wildman–Crippen MR) is 91.0 cm³/mol. The van der Waals surface area contributed by atoms with Crippen molar-refractivity contribution in [3.8, 4) is 0 Å². The van der Waals surface area contributed by atoms with Crippen LogP contribution in [0.4, 0.5) is 18.9 Å². The molecule has 0 spiro atoms. The van der Waals surface area contributed by atoms with Gasteiger partial charge in [0.2, 0.25) is 0 Å². The molecule has 26 heavy (non-hydrogen) atoms. The third-order valence-corrected chi connectivity index (χ3v) is 4.28. The van der Waals surface area contributed by atoms with Gasteiger partial charge in [0.1, 0.15) is 5.65 Å². The van der Waals surface area contributed by atoms with Gasteiger partial charge in [-0.3, -0.25) is 4.79 Å². The Balaban J connectivity index is 1.92. The maximum absolute atomic E-state index is 12.6. The second kappa shape index (κ2) is 6.62. The molecular formula is C17H13ClF3N3O2. The number of rotatable bonds is 3. The normalized spacial score (nSPS) is 11.8. The average Bonchev–Trinajstić information content (AvgIpc) is 2.92. The van der Waals surface area contributed by atoms with E-state index >= 15 is 0 Å². The largest absolute Gasteiger partial charge is 0.416 e. The summed E-state index contributed by atoms with van der Waals surface area (Å²) in [5.74, 6) is -0.614. The van der Waals surface area contributed by atoms with Crippen molar-refractivity contribution < 1.29 is 23.1 Å². The number of hydrogen-bond donors (Lipinski definition) is 2. The number of aliphatic hydroxyl groups excluding tert-OH is 1. The second-order valence-electron chi connectivity index (χ2n) is 5.64. The highest BCUT2D eigenvalue weighted by molar-refractivity contribution is 6.39. The Morgan fingerprint density at radius 1 is 1.31 bits per heavy atom. The molecule has 5 nitrogen and oxygen atoms in total. The minimum absolute atomic E-state index is 0.0555. The van der Waals surface area contributed by atoms with E-state index in [-0.39, 0.29) is 22.9 Å². The number of aromatic nitrogens is 2. The predicted octanol–water partition coefficient (Wildman–Crippen LogP) is 3.99. The van der Waals surface area contributed by atoms with Gasteiger partial charge in [0.15, 0.2) is 0 Å². The lowest BCUT2D eigenvalue weighted by Gasteiger charge is -2.10. The molecule has 1 amide bonds. The van der Waals surface area contributed by atoms with Crippen molar-refractivity contribution >= 4 is 34.2 Å². The van der Waals surface area contributed by atoms with Crippen LogP contribution in [-0.4, -0.2) is 20.6 Å². The van der Waals surface area contributed by atoms with Crippen LogP contribution in [0.1, 0.15) is 21.5 Å². The molecule has 0 aliphatic heterocycles. The van der Waals surface area contributed by atoms with Crippen molar-refractivity contribution in [2.75, 3.05) is 5.32 Å². The van der Waals surface area contributed by atoms with Crippen LogP contribution in [0.25, 0.3) is 11.0 Å². The molecule has 3 rings (SSSR count). The molecule has 0 aliphatic carbocycles. The lowest BCUT2D eigenvalue weighted by molar-refractivity contribution is -0.137. The summed E-state index contributed by atoms with van der Waals surface area (Å²) in [6, 6.07) is 4.06. The van der Waals surface area contributed by atoms with Crippen LogP contribution in [0.15, 0.2) is 36.7 Å². The lowest BCUT2D eigenvalue weighted by Crippen LogP contribution is -2.13. The smallest absolute Gasteiger partial charge is 0.392 e. The summed E-state index contributed by atoms with van der Waals surface area (Å²) in [5.41, 5.74) is 0.456. The van der Waals surface area contributed by atoms with Crippen LogP contribution in [-0.2, 0) is 19.8 Å². The number of carbonyl (C=O) groups excluding carboxylic acids is 1. The number of alkyl halides is 3. The van der Waals surface area contributed by atoms with Gasteiger partial charge in [0.25, 0.3) is 5.91 Å². The Kier molecular flexibility index (Phi) is 4.64. The van der Waals surface area contributed by atoms with Crippen LogP contribution in [0, 0.1) is 0 Å². The van der Waals surface area contributed by atoms with Gasteiger partial charge in [0, 0.05) is 36.1 Å². The highest BCUT2D eigenvalue weighted by Crippen LogP contribution is 2.32. The molecule has 2 N–H and O–H groups in total. The maximum Gasteiger partial charge on any atom is 0.416 e. The fourth-order valence-corrected chi connectivity index (χ4v) is 2.95. The monoisotopic (exact) mass is 383 g/mol. The molecule has 9 heteroatoms. The molecule has 136 valence electrons. The van der Waals surface area contributed by atoms with Gasteiger partial charge >= 0.3 is 6.18 Å². The lowest BCUT2D eigenvalue weighted by atomic mass is 10.1. The van der Waals surface area contributed by atoms with Crippen LogP contribution in [0.2, 0.25) is 5.02 Å². The molecule has 0 bridgehead atoms. The SMILES string of the molecule is Cn1cc(CO)c2c(Cl)c(C(=O)Nc3ccc(C(F)(F)F)cc3)cnc21. The quantitative estimate of drug-likeness (QED) is 0.718. The number of nitrogens with zero attached hydrogens (tertiary/aromatic N) is 2. The number of pyridine rings is 1. The standard InChI is InChI=1S/C17H13ClF3N3O2/c1-24-7-9(8-25)13-14(18)12(6-22-15(13)24)16(26)23-11-4-2-10(3-5-11)17(19,20)21/h2-7,25H,8H2,1H3,(H,23,26). The molecule has 0 saturated heterocycles. The van der Waals surface area contributed by atoms with Gasteiger partial charge in [-0.05, 0) is 24.3 Å². The first-order valence-electron chi connectivity index (χ1n) is 7.44. The van der Waals surface area contributed by atoms with E-state index in [0.29, 0.717) is 16.6 Å². The zero-order chi connectivity index (χ0) is 19.1. The van der Waals surface area contributed by atoms with E-state index < -0.39 is 17.6 Å². The molecule has 1 aromatic carbocycles. The Bertz CT molecular complexity index is 982. The minimum Gasteiger partial charge on any atom is -0.392 e. The maximum atomic E-state index is 12.6. The Hall–Kier alpha value is -2.58. The Morgan fingerprint density at radius 2 is 1.96 bits per heavy atom. The van der Waals surface area contributed by atoms with Gasteiger partial charge in [-0.25, -0.2) is 4.98 Å². The number of carbonyl (C=O) groups is 1. The van der Waals surface area contributed by atoms with E-state index in [2.05, 4.69) is 10.3 Å². The summed E-state index contributed by atoms with van der Waals surface area (Å²) in [7, 11) is 1.73. The van der Waals surface area contributed by atoms with E-state index in [4.69, 9.17) is 11.6 Å². The molecule has 3 aromatic rings. The second-order valence-corrected chi connectivity index (χ2v) is 6.02. The van der Waals surface area contributed by atoms with Crippen molar-refractivity contribution in [2.45, 2.75) is 12.8 Å². The summed E-state index contributed by atoms with van der Waals surface area (Å²) >= 11 is 6.31. The van der Waals surface area contributed by atoms with E-state index in [1.54, 1.807) is 17.8 Å². The molecule has 0 atom stereocenters. The molecule has 2 aromatic heterocycles. The van der Waals surface area contributed by atoms with Gasteiger partial charge in [0.05, 0.1) is 22.8 Å². The third-order valence-electron chi connectivity index (χ3n) is 3.89. The van der Waals surface area contributed by atoms with E-state index in [9.17, 15) is 23.1 Å². The molecule has 0 aliphatic rings. The fourth-order valence-electron chi connectivity index (χ4n) is 2.61. The van der Waals surface area contributed by atoms with Gasteiger partial charge in [-0.2, -0.15) is 13.2 Å². The summed E-state index contributed by atoms with van der Waals surface area (Å²) in [4.78, 5) is 16.6. The average molecular weight is 384 g/mol. The van der Waals surface area contributed by atoms with E-state index in [1.165, 1.54) is 6.20 Å². The topological polar surface area (TPSA) is 67.2 Å². The van der Waals surface area contributed by atoms with E-state index in [0.717, 1.165) is 24.3 Å². The number of nitrogens with one attached hydrogen (secondary N) is 1. The van der Waals surface area contributed by atoms with Crippen LogP contribution < -0.4 is 5.32 Å². The van der Waals surface area contributed by atoms with Gasteiger partial charge in [-0.15, -0.1) is 0 Å². The summed E-state index contributed by atoms with van der Waals surface area (Å²) in [6.45, 7) is -0.275. The first-order valence-corrected chi connectivity index (χ1v) is 7.82. The van der Waals surface area contributed by atoms with E-state index in [1.807, 2.05) is 0 Å². The zero-order valence-electron chi connectivity index (χ0n) is 13.4. The number of fused-ring (bicyclic) bond motifs is 1. The number of aryl methyl sites for hydroxylation is 1. The summed E-state index contributed by atoms with van der Waals surface area (Å²) < 4.78 is 39.4. The van der Waals surface area contributed by atoms with Crippen molar-refractivity contribution in [2.24, 2.45) is 7.05 Å². The molecule has 2 heterocycles. The van der Waals surface area contributed by atoms with Crippen molar-refractivity contribution in [3.05, 3.63) is 58.4 Å².